The van der Waals surface area contributed by atoms with E-state index in [1.165, 1.54) is 25.0 Å². The van der Waals surface area contributed by atoms with E-state index in [-0.39, 0.29) is 18.0 Å². The van der Waals surface area contributed by atoms with Crippen molar-refractivity contribution in [2.45, 2.75) is 52.9 Å². The molecule has 5 heteroatoms. The molecule has 2 aromatic rings. The number of rotatable bonds is 7. The SMILES string of the molecule is CCCCCCC#Cc1nc(C)c(C(=O)OCC)c(-c2ccc(F)cc2)n1. The van der Waals surface area contributed by atoms with Gasteiger partial charge in [0.2, 0.25) is 5.82 Å². The highest BCUT2D eigenvalue weighted by Gasteiger charge is 2.20. The molecule has 4 nitrogen and oxygen atoms in total. The van der Waals surface area contributed by atoms with Gasteiger partial charge >= 0.3 is 5.97 Å². The Hall–Kier alpha value is -2.74. The Bertz CT molecular complexity index is 836. The summed E-state index contributed by atoms with van der Waals surface area (Å²) in [5.74, 6) is 5.59. The van der Waals surface area contributed by atoms with Gasteiger partial charge in [-0.15, -0.1) is 0 Å². The first-order chi connectivity index (χ1) is 13.1. The second kappa shape index (κ2) is 10.4. The van der Waals surface area contributed by atoms with Crippen LogP contribution in [-0.2, 0) is 4.74 Å². The molecule has 0 bridgehead atoms. The van der Waals surface area contributed by atoms with E-state index >= 15 is 0 Å². The number of carbonyl (C=O) groups excluding carboxylic acids is 1. The van der Waals surface area contributed by atoms with Gasteiger partial charge in [0.1, 0.15) is 11.4 Å². The second-order valence-electron chi connectivity index (χ2n) is 6.20. The number of hydrogen-bond donors (Lipinski definition) is 0. The van der Waals surface area contributed by atoms with Crippen LogP contribution < -0.4 is 0 Å². The zero-order valence-electron chi connectivity index (χ0n) is 16.1. The lowest BCUT2D eigenvalue weighted by Crippen LogP contribution is -2.12. The Kier molecular flexibility index (Phi) is 7.94. The fourth-order valence-electron chi connectivity index (χ4n) is 2.67. The summed E-state index contributed by atoms with van der Waals surface area (Å²) in [5, 5.41) is 0. The summed E-state index contributed by atoms with van der Waals surface area (Å²) in [7, 11) is 0. The number of esters is 1. The van der Waals surface area contributed by atoms with Crippen molar-refractivity contribution < 1.29 is 13.9 Å². The van der Waals surface area contributed by atoms with Gasteiger partial charge in [0.25, 0.3) is 0 Å². The number of aryl methyl sites for hydroxylation is 1. The summed E-state index contributed by atoms with van der Waals surface area (Å²) in [4.78, 5) is 21.2. The third kappa shape index (κ3) is 5.89. The van der Waals surface area contributed by atoms with Crippen LogP contribution in [0.5, 0.6) is 0 Å². The molecule has 2 rings (SSSR count). The van der Waals surface area contributed by atoms with E-state index in [2.05, 4.69) is 28.7 Å². The molecule has 0 saturated carbocycles. The van der Waals surface area contributed by atoms with Crippen LogP contribution in [-0.4, -0.2) is 22.5 Å². The van der Waals surface area contributed by atoms with Gasteiger partial charge in [0, 0.05) is 12.0 Å². The Labute approximate surface area is 160 Å². The standard InChI is InChI=1S/C22H25FN2O2/c1-4-6-7-8-9-10-11-19-24-16(3)20(22(26)27-5-2)21(25-19)17-12-14-18(23)15-13-17/h12-15H,4-9H2,1-3H3. The zero-order valence-corrected chi connectivity index (χ0v) is 16.1. The van der Waals surface area contributed by atoms with Crippen LogP contribution in [0.4, 0.5) is 4.39 Å². The first-order valence-corrected chi connectivity index (χ1v) is 9.37. The number of nitrogens with zero attached hydrogens (tertiary/aromatic N) is 2. The predicted molar refractivity (Wildman–Crippen MR) is 104 cm³/mol. The molecule has 1 aromatic heterocycles. The van der Waals surface area contributed by atoms with Gasteiger partial charge in [-0.2, -0.15) is 0 Å². The highest BCUT2D eigenvalue weighted by atomic mass is 19.1. The van der Waals surface area contributed by atoms with E-state index in [0.717, 1.165) is 19.3 Å². The molecule has 142 valence electrons. The molecular weight excluding hydrogens is 343 g/mol. The molecule has 0 radical (unpaired) electrons. The van der Waals surface area contributed by atoms with Gasteiger partial charge in [0.15, 0.2) is 0 Å². The Morgan fingerprint density at radius 2 is 1.85 bits per heavy atom. The third-order valence-electron chi connectivity index (χ3n) is 4.04. The van der Waals surface area contributed by atoms with Crippen molar-refractivity contribution in [3.05, 3.63) is 47.2 Å². The van der Waals surface area contributed by atoms with Gasteiger partial charge in [-0.1, -0.05) is 32.1 Å². The molecule has 0 N–H and O–H groups in total. The molecule has 0 atom stereocenters. The summed E-state index contributed by atoms with van der Waals surface area (Å²) in [5.41, 5.74) is 1.82. The minimum Gasteiger partial charge on any atom is -0.462 e. The molecule has 1 aromatic carbocycles. The van der Waals surface area contributed by atoms with Crippen LogP contribution in [0.1, 0.15) is 67.8 Å². The lowest BCUT2D eigenvalue weighted by atomic mass is 10.0. The number of halogens is 1. The molecule has 27 heavy (non-hydrogen) atoms. The van der Waals surface area contributed by atoms with Gasteiger partial charge < -0.3 is 4.74 Å². The van der Waals surface area contributed by atoms with Gasteiger partial charge in [-0.3, -0.25) is 0 Å². The highest BCUT2D eigenvalue weighted by molar-refractivity contribution is 5.97. The van der Waals surface area contributed by atoms with Crippen molar-refractivity contribution in [1.29, 1.82) is 0 Å². The van der Waals surface area contributed by atoms with Crippen molar-refractivity contribution in [3.8, 4) is 23.1 Å². The number of aromatic nitrogens is 2. The fraction of sp³-hybridized carbons (Fsp3) is 0.409. The summed E-state index contributed by atoms with van der Waals surface area (Å²) in [6, 6.07) is 5.84. The van der Waals surface area contributed by atoms with Crippen LogP contribution in [0.25, 0.3) is 11.3 Å². The van der Waals surface area contributed by atoms with Gasteiger partial charge in [-0.05, 0) is 50.5 Å². The summed E-state index contributed by atoms with van der Waals surface area (Å²) >= 11 is 0. The number of unbranched alkanes of at least 4 members (excludes halogenated alkanes) is 4. The summed E-state index contributed by atoms with van der Waals surface area (Å²) in [6.45, 7) is 5.89. The van der Waals surface area contributed by atoms with Gasteiger partial charge in [0.05, 0.1) is 18.0 Å². The van der Waals surface area contributed by atoms with Crippen LogP contribution in [0.15, 0.2) is 24.3 Å². The smallest absolute Gasteiger partial charge is 0.342 e. The van der Waals surface area contributed by atoms with Crippen molar-refractivity contribution >= 4 is 5.97 Å². The molecule has 0 aliphatic carbocycles. The lowest BCUT2D eigenvalue weighted by Gasteiger charge is -2.11. The first-order valence-electron chi connectivity index (χ1n) is 9.37. The maximum absolute atomic E-state index is 13.3. The van der Waals surface area contributed by atoms with E-state index in [0.29, 0.717) is 22.8 Å². The average molecular weight is 368 g/mol. The van der Waals surface area contributed by atoms with Crippen molar-refractivity contribution in [1.82, 2.24) is 9.97 Å². The monoisotopic (exact) mass is 368 g/mol. The van der Waals surface area contributed by atoms with Crippen LogP contribution in [0.2, 0.25) is 0 Å². The lowest BCUT2D eigenvalue weighted by molar-refractivity contribution is 0.0525. The van der Waals surface area contributed by atoms with Crippen molar-refractivity contribution in [2.75, 3.05) is 6.61 Å². The molecular formula is C22H25FN2O2. The topological polar surface area (TPSA) is 52.1 Å². The molecule has 0 fully saturated rings. The minimum atomic E-state index is -0.492. The molecule has 0 saturated heterocycles. The quantitative estimate of drug-likeness (QED) is 0.388. The highest BCUT2D eigenvalue weighted by Crippen LogP contribution is 2.25. The Morgan fingerprint density at radius 1 is 1.11 bits per heavy atom. The largest absolute Gasteiger partial charge is 0.462 e. The predicted octanol–water partition coefficient (Wildman–Crippen LogP) is 5.09. The second-order valence-corrected chi connectivity index (χ2v) is 6.20. The Morgan fingerprint density at radius 3 is 2.52 bits per heavy atom. The molecule has 0 aliphatic heterocycles. The molecule has 0 amide bonds. The number of hydrogen-bond acceptors (Lipinski definition) is 4. The number of benzene rings is 1. The molecule has 1 heterocycles. The van der Waals surface area contributed by atoms with Gasteiger partial charge in [-0.25, -0.2) is 19.2 Å². The zero-order chi connectivity index (χ0) is 19.6. The van der Waals surface area contributed by atoms with Crippen LogP contribution in [0, 0.1) is 24.6 Å². The van der Waals surface area contributed by atoms with Crippen molar-refractivity contribution in [2.24, 2.45) is 0 Å². The van der Waals surface area contributed by atoms with E-state index in [4.69, 9.17) is 4.74 Å². The first kappa shape index (κ1) is 20.6. The van der Waals surface area contributed by atoms with E-state index in [1.807, 2.05) is 0 Å². The molecule has 0 aliphatic rings. The maximum atomic E-state index is 13.3. The number of carbonyl (C=O) groups is 1. The van der Waals surface area contributed by atoms with Crippen LogP contribution >= 0.6 is 0 Å². The number of ether oxygens (including phenoxy) is 1. The van der Waals surface area contributed by atoms with Crippen molar-refractivity contribution in [3.63, 3.8) is 0 Å². The average Bonchev–Trinajstić information content (AvgIpc) is 2.65. The minimum absolute atomic E-state index is 0.250. The third-order valence-corrected chi connectivity index (χ3v) is 4.04. The maximum Gasteiger partial charge on any atom is 0.342 e. The Balaban J connectivity index is 2.37. The van der Waals surface area contributed by atoms with Crippen LogP contribution in [0.3, 0.4) is 0 Å². The molecule has 0 spiro atoms. The van der Waals surface area contributed by atoms with E-state index in [9.17, 15) is 9.18 Å². The normalized spacial score (nSPS) is 10.2. The summed E-state index contributed by atoms with van der Waals surface area (Å²) < 4.78 is 18.4. The molecule has 0 unspecified atom stereocenters. The van der Waals surface area contributed by atoms with E-state index in [1.54, 1.807) is 26.0 Å². The summed E-state index contributed by atoms with van der Waals surface area (Å²) in [6.07, 6.45) is 5.39. The fourth-order valence-corrected chi connectivity index (χ4v) is 2.67. The van der Waals surface area contributed by atoms with E-state index < -0.39 is 5.97 Å².